The Morgan fingerprint density at radius 1 is 0.805 bits per heavy atom. The smallest absolute Gasteiger partial charge is 0.744 e. The summed E-state index contributed by atoms with van der Waals surface area (Å²) < 4.78 is 89.0. The number of sulfonamides is 2. The number of azo groups is 1. The van der Waals surface area contributed by atoms with Gasteiger partial charge in [0.1, 0.15) is 26.4 Å². The fraction of sp³-hybridized carbons (Fsp3) is 0.0417. The molecule has 4 aromatic carbocycles. The van der Waals surface area contributed by atoms with E-state index >= 15 is 0 Å². The average molecular weight is 627 g/mol. The van der Waals surface area contributed by atoms with E-state index in [4.69, 9.17) is 0 Å². The Morgan fingerprint density at radius 3 is 2.07 bits per heavy atom. The number of phenols is 1. The molecule has 0 bridgehead atoms. The number of carbonyl (C=O) groups is 1. The van der Waals surface area contributed by atoms with Crippen molar-refractivity contribution in [2.45, 2.75) is 21.6 Å². The minimum atomic E-state index is -5.24. The normalized spacial score (nSPS) is 12.2. The number of carbonyl (C=O) groups excluding carboxylic acids is 1. The Hall–Kier alpha value is -3.22. The minimum absolute atomic E-state index is 0. The number of rotatable bonds is 8. The summed E-state index contributed by atoms with van der Waals surface area (Å²) >= 11 is 0. The molecule has 0 aliphatic carbocycles. The van der Waals surface area contributed by atoms with Crippen LogP contribution in [0.2, 0.25) is 0 Å². The van der Waals surface area contributed by atoms with Crippen LogP contribution < -0.4 is 39.0 Å². The van der Waals surface area contributed by atoms with Gasteiger partial charge in [0.15, 0.2) is 5.75 Å². The SMILES string of the molecule is CC(=O)Nc1ccc2c(O)c(N=Nc3ccccc3S(=O)(=O)NS(=O)(=O)c3ccccc3)c(S(=O)(=O)[O-])cc2c1.[Na+]. The van der Waals surface area contributed by atoms with Gasteiger partial charge in [-0.05, 0) is 53.9 Å². The Balaban J connectivity index is 0.00000462. The summed E-state index contributed by atoms with van der Waals surface area (Å²) in [5.41, 5.74) is -0.931. The Labute approximate surface area is 257 Å². The fourth-order valence-corrected chi connectivity index (χ4v) is 7.33. The molecule has 0 aliphatic rings. The van der Waals surface area contributed by atoms with Crippen LogP contribution in [-0.2, 0) is 35.0 Å². The Morgan fingerprint density at radius 2 is 1.44 bits per heavy atom. The summed E-state index contributed by atoms with van der Waals surface area (Å²) in [5, 5.41) is 20.8. The van der Waals surface area contributed by atoms with Crippen molar-refractivity contribution in [1.82, 2.24) is 4.13 Å². The van der Waals surface area contributed by atoms with E-state index in [1.54, 1.807) is 10.2 Å². The molecule has 0 saturated heterocycles. The molecule has 0 atom stereocenters. The Kier molecular flexibility index (Phi) is 9.72. The second-order valence-corrected chi connectivity index (χ2v) is 13.2. The molecule has 0 heterocycles. The van der Waals surface area contributed by atoms with Crippen LogP contribution in [0.3, 0.4) is 0 Å². The molecule has 0 radical (unpaired) electrons. The van der Waals surface area contributed by atoms with E-state index in [-0.39, 0.29) is 50.9 Å². The van der Waals surface area contributed by atoms with Crippen molar-refractivity contribution in [1.29, 1.82) is 0 Å². The molecule has 3 N–H and O–H groups in total. The molecule has 0 unspecified atom stereocenters. The number of amides is 1. The minimum Gasteiger partial charge on any atom is -0.744 e. The second-order valence-electron chi connectivity index (χ2n) is 8.21. The summed E-state index contributed by atoms with van der Waals surface area (Å²) in [6, 6.07) is 16.6. The maximum atomic E-state index is 13.0. The van der Waals surface area contributed by atoms with E-state index < -0.39 is 63.0 Å². The summed E-state index contributed by atoms with van der Waals surface area (Å²) in [6.45, 7) is 1.25. The molecule has 1 amide bonds. The van der Waals surface area contributed by atoms with Crippen LogP contribution in [0.25, 0.3) is 10.8 Å². The van der Waals surface area contributed by atoms with Crippen molar-refractivity contribution >= 4 is 63.9 Å². The topological polar surface area (TPSA) is 212 Å². The number of phenolic OH excluding ortho intramolecular Hbond substituents is 1. The molecule has 0 spiro atoms. The van der Waals surface area contributed by atoms with Gasteiger partial charge in [-0.15, -0.1) is 14.4 Å². The van der Waals surface area contributed by atoms with Gasteiger partial charge in [0.25, 0.3) is 20.0 Å². The van der Waals surface area contributed by atoms with Crippen molar-refractivity contribution in [3.63, 3.8) is 0 Å². The fourth-order valence-electron chi connectivity index (χ4n) is 3.63. The van der Waals surface area contributed by atoms with Gasteiger partial charge in [-0.3, -0.25) is 4.79 Å². The predicted molar refractivity (Wildman–Crippen MR) is 142 cm³/mol. The number of anilines is 1. The quantitative estimate of drug-likeness (QED) is 0.141. The first-order chi connectivity index (χ1) is 18.7. The summed E-state index contributed by atoms with van der Waals surface area (Å²) in [5.74, 6) is -1.17. The van der Waals surface area contributed by atoms with Crippen LogP contribution in [-0.4, -0.2) is 40.8 Å². The Bertz CT molecular complexity index is 2000. The monoisotopic (exact) mass is 626 g/mol. The zero-order valence-electron chi connectivity index (χ0n) is 21.3. The predicted octanol–water partition coefficient (Wildman–Crippen LogP) is 0.494. The number of hydrogen-bond acceptors (Lipinski definition) is 11. The van der Waals surface area contributed by atoms with E-state index in [0.717, 1.165) is 18.2 Å². The van der Waals surface area contributed by atoms with Gasteiger partial charge in [0.05, 0.1) is 9.79 Å². The maximum absolute atomic E-state index is 13.0. The molecule has 4 rings (SSSR count). The van der Waals surface area contributed by atoms with E-state index in [1.807, 2.05) is 0 Å². The van der Waals surface area contributed by atoms with E-state index in [0.29, 0.717) is 0 Å². The molecule has 208 valence electrons. The zero-order valence-corrected chi connectivity index (χ0v) is 25.8. The van der Waals surface area contributed by atoms with E-state index in [1.165, 1.54) is 61.5 Å². The number of aromatic hydroxyl groups is 1. The van der Waals surface area contributed by atoms with Crippen LogP contribution in [0.4, 0.5) is 17.1 Å². The number of nitrogens with zero attached hydrogens (tertiary/aromatic N) is 2. The zero-order chi connectivity index (χ0) is 29.3. The van der Waals surface area contributed by atoms with Gasteiger partial charge in [-0.25, -0.2) is 25.3 Å². The molecule has 4 aromatic rings. The number of fused-ring (bicyclic) bond motifs is 1. The molecule has 13 nitrogen and oxygen atoms in total. The molecule has 0 aliphatic heterocycles. The first kappa shape index (κ1) is 32.3. The average Bonchev–Trinajstić information content (AvgIpc) is 2.87. The summed E-state index contributed by atoms with van der Waals surface area (Å²) in [6.07, 6.45) is 0. The molecule has 0 saturated carbocycles. The molecule has 0 fully saturated rings. The van der Waals surface area contributed by atoms with Crippen molar-refractivity contribution in [3.05, 3.63) is 78.9 Å². The summed E-state index contributed by atoms with van der Waals surface area (Å²) in [4.78, 5) is 9.43. The van der Waals surface area contributed by atoms with Gasteiger partial charge < -0.3 is 15.0 Å². The van der Waals surface area contributed by atoms with Crippen LogP contribution in [0, 0.1) is 0 Å². The van der Waals surface area contributed by atoms with E-state index in [9.17, 15) is 39.7 Å². The molecular formula is C24H19N4NaO9S3. The van der Waals surface area contributed by atoms with Crippen molar-refractivity contribution < 1.29 is 69.3 Å². The molecule has 41 heavy (non-hydrogen) atoms. The van der Waals surface area contributed by atoms with E-state index in [2.05, 4.69) is 15.5 Å². The summed E-state index contributed by atoms with van der Waals surface area (Å²) in [7, 11) is -14.5. The van der Waals surface area contributed by atoms with Crippen molar-refractivity contribution in [3.8, 4) is 5.75 Å². The van der Waals surface area contributed by atoms with Crippen LogP contribution in [0.5, 0.6) is 5.75 Å². The molecule has 0 aromatic heterocycles. The number of benzene rings is 4. The maximum Gasteiger partial charge on any atom is 1.00 e. The van der Waals surface area contributed by atoms with Crippen molar-refractivity contribution in [2.75, 3.05) is 5.32 Å². The van der Waals surface area contributed by atoms with Gasteiger partial charge >= 0.3 is 29.6 Å². The first-order valence-electron chi connectivity index (χ1n) is 11.1. The third-order valence-corrected chi connectivity index (χ3v) is 9.75. The largest absolute Gasteiger partial charge is 1.00 e. The van der Waals surface area contributed by atoms with Gasteiger partial charge in [0, 0.05) is 18.0 Å². The standard InChI is InChI=1S/C24H20N4O9S3.Na/c1-15(29)25-17-11-12-19-16(13-17)14-22(40(35,36)37)23(24(19)30)27-26-20-9-5-6-10-21(20)39(33,34)28-38(31,32)18-7-3-2-4-8-18;/h2-14,28,30H,1H3,(H,25,29)(H,35,36,37);/q;+1/p-1. The van der Waals surface area contributed by atoms with Crippen molar-refractivity contribution in [2.24, 2.45) is 10.2 Å². The van der Waals surface area contributed by atoms with Gasteiger partial charge in [-0.2, -0.15) is 0 Å². The number of hydrogen-bond donors (Lipinski definition) is 3. The molecular weight excluding hydrogens is 607 g/mol. The molecule has 17 heteroatoms. The van der Waals surface area contributed by atoms with Crippen LogP contribution in [0.1, 0.15) is 6.92 Å². The van der Waals surface area contributed by atoms with Gasteiger partial charge in [0.2, 0.25) is 5.91 Å². The van der Waals surface area contributed by atoms with Crippen LogP contribution in [0.15, 0.2) is 104 Å². The second kappa shape index (κ2) is 12.3. The number of nitrogens with one attached hydrogen (secondary N) is 2. The van der Waals surface area contributed by atoms with Crippen LogP contribution >= 0.6 is 0 Å². The first-order valence-corrected chi connectivity index (χ1v) is 15.4. The third-order valence-electron chi connectivity index (χ3n) is 5.33. The van der Waals surface area contributed by atoms with Gasteiger partial charge in [-0.1, -0.05) is 30.3 Å². The third kappa shape index (κ3) is 7.35.